The predicted molar refractivity (Wildman–Crippen MR) is 154 cm³/mol. The molecule has 0 aromatic heterocycles. The Balaban J connectivity index is 1.20. The fraction of sp³-hybridized carbons (Fsp3) is 0.471. The standard InChI is InChI=1S/C34H38F2N2O2/c35-33(19-7-3-1-4-8-20-33)25-27-11-15-29(16-12-27)31(39)37-23-24-38-32(40)30-17-13-28(14-18-30)26-34(36)21-9-5-2-6-10-22-34/h11-18H,1-7,9,19,21,23-26H2,(H,37,39)(H,38,40). The van der Waals surface area contributed by atoms with Gasteiger partial charge < -0.3 is 10.6 Å². The Kier molecular flexibility index (Phi) is 10.4. The highest BCUT2D eigenvalue weighted by Gasteiger charge is 2.28. The SMILES string of the molecule is O=C(NCCNC(=O)c1ccc(CC2(F)C#CCCCCC2)cc1)c1ccc(CC2(F)C#CCCCCC2)cc1. The molecule has 0 fully saturated rings. The van der Waals surface area contributed by atoms with Crippen molar-refractivity contribution in [2.24, 2.45) is 0 Å². The van der Waals surface area contributed by atoms with E-state index in [0.29, 0.717) is 24.0 Å². The number of carbonyl (C=O) groups is 2. The molecule has 6 heteroatoms. The number of amides is 2. The van der Waals surface area contributed by atoms with Crippen LogP contribution in [0.25, 0.3) is 0 Å². The first-order chi connectivity index (χ1) is 19.3. The van der Waals surface area contributed by atoms with E-state index in [4.69, 9.17) is 0 Å². The largest absolute Gasteiger partial charge is 0.350 e. The van der Waals surface area contributed by atoms with E-state index in [1.807, 2.05) is 0 Å². The summed E-state index contributed by atoms with van der Waals surface area (Å²) < 4.78 is 30.4. The minimum Gasteiger partial charge on any atom is -0.350 e. The van der Waals surface area contributed by atoms with Crippen molar-refractivity contribution in [2.45, 2.75) is 88.4 Å². The van der Waals surface area contributed by atoms with Crippen molar-refractivity contribution in [2.75, 3.05) is 13.1 Å². The van der Waals surface area contributed by atoms with Crippen LogP contribution in [-0.4, -0.2) is 36.2 Å². The van der Waals surface area contributed by atoms with Gasteiger partial charge in [-0.05, 0) is 73.9 Å². The van der Waals surface area contributed by atoms with Crippen molar-refractivity contribution in [3.05, 3.63) is 70.8 Å². The Morgan fingerprint density at radius 2 is 1.02 bits per heavy atom. The second-order valence-electron chi connectivity index (χ2n) is 10.9. The van der Waals surface area contributed by atoms with Crippen molar-refractivity contribution in [3.63, 3.8) is 0 Å². The third-order valence-corrected chi connectivity index (χ3v) is 7.47. The van der Waals surface area contributed by atoms with Gasteiger partial charge in [0.25, 0.3) is 11.8 Å². The molecule has 0 radical (unpaired) electrons. The van der Waals surface area contributed by atoms with Crippen LogP contribution in [-0.2, 0) is 12.8 Å². The summed E-state index contributed by atoms with van der Waals surface area (Å²) in [6.07, 6.45) is 8.54. The second kappa shape index (κ2) is 14.1. The van der Waals surface area contributed by atoms with Crippen LogP contribution in [0.4, 0.5) is 8.78 Å². The molecule has 2 aliphatic carbocycles. The van der Waals surface area contributed by atoms with E-state index < -0.39 is 11.3 Å². The Hall–Kier alpha value is -3.64. The number of halogens is 2. The summed E-state index contributed by atoms with van der Waals surface area (Å²) in [6, 6.07) is 13.9. The first kappa shape index (κ1) is 29.3. The highest BCUT2D eigenvalue weighted by Crippen LogP contribution is 2.27. The smallest absolute Gasteiger partial charge is 0.251 e. The lowest BCUT2D eigenvalue weighted by atomic mass is 9.89. The molecule has 4 rings (SSSR count). The predicted octanol–water partition coefficient (Wildman–Crippen LogP) is 6.28. The van der Waals surface area contributed by atoms with E-state index in [-0.39, 0.29) is 37.7 Å². The molecule has 0 saturated heterocycles. The van der Waals surface area contributed by atoms with Gasteiger partial charge in [-0.3, -0.25) is 9.59 Å². The molecule has 2 N–H and O–H groups in total. The van der Waals surface area contributed by atoms with E-state index >= 15 is 8.78 Å². The lowest BCUT2D eigenvalue weighted by Gasteiger charge is -2.21. The maximum absolute atomic E-state index is 15.2. The average Bonchev–Trinajstić information content (AvgIpc) is 2.92. The average molecular weight is 545 g/mol. The number of alkyl halides is 2. The third kappa shape index (κ3) is 8.95. The van der Waals surface area contributed by atoms with Crippen LogP contribution in [0.1, 0.15) is 96.1 Å². The fourth-order valence-corrected chi connectivity index (χ4v) is 5.17. The molecule has 2 aliphatic rings. The van der Waals surface area contributed by atoms with E-state index in [9.17, 15) is 9.59 Å². The van der Waals surface area contributed by atoms with Gasteiger partial charge >= 0.3 is 0 Å². The van der Waals surface area contributed by atoms with Crippen molar-refractivity contribution in [3.8, 4) is 23.7 Å². The van der Waals surface area contributed by atoms with Gasteiger partial charge in [0.05, 0.1) is 0 Å². The molecular weight excluding hydrogens is 506 g/mol. The van der Waals surface area contributed by atoms with Crippen molar-refractivity contribution < 1.29 is 18.4 Å². The lowest BCUT2D eigenvalue weighted by Crippen LogP contribution is -2.34. The monoisotopic (exact) mass is 544 g/mol. The van der Waals surface area contributed by atoms with Gasteiger partial charge in [-0.2, -0.15) is 0 Å². The number of hydrogen-bond acceptors (Lipinski definition) is 2. The second-order valence-corrected chi connectivity index (χ2v) is 10.9. The molecule has 2 unspecified atom stereocenters. The zero-order valence-electron chi connectivity index (χ0n) is 23.1. The quantitative estimate of drug-likeness (QED) is 0.288. The number of rotatable bonds is 9. The van der Waals surface area contributed by atoms with Crippen molar-refractivity contribution >= 4 is 11.8 Å². The zero-order valence-corrected chi connectivity index (χ0v) is 23.1. The number of carbonyl (C=O) groups excluding carboxylic acids is 2. The highest BCUT2D eigenvalue weighted by molar-refractivity contribution is 5.95. The van der Waals surface area contributed by atoms with Gasteiger partial charge in [0.1, 0.15) is 0 Å². The van der Waals surface area contributed by atoms with Crippen LogP contribution in [0.5, 0.6) is 0 Å². The maximum Gasteiger partial charge on any atom is 0.251 e. The van der Waals surface area contributed by atoms with E-state index in [1.54, 1.807) is 48.5 Å². The minimum absolute atomic E-state index is 0.220. The Morgan fingerprint density at radius 1 is 0.625 bits per heavy atom. The van der Waals surface area contributed by atoms with Gasteiger partial charge in [-0.15, -0.1) is 0 Å². The third-order valence-electron chi connectivity index (χ3n) is 7.47. The van der Waals surface area contributed by atoms with Crippen molar-refractivity contribution in [1.82, 2.24) is 10.6 Å². The molecule has 210 valence electrons. The number of hydrogen-bond donors (Lipinski definition) is 2. The fourth-order valence-electron chi connectivity index (χ4n) is 5.17. The van der Waals surface area contributed by atoms with Crippen LogP contribution >= 0.6 is 0 Å². The van der Waals surface area contributed by atoms with Crippen LogP contribution < -0.4 is 10.6 Å². The zero-order chi connectivity index (χ0) is 28.3. The van der Waals surface area contributed by atoms with Gasteiger partial charge in [0.15, 0.2) is 11.3 Å². The summed E-state index contributed by atoms with van der Waals surface area (Å²) in [5.74, 6) is 11.0. The first-order valence-corrected chi connectivity index (χ1v) is 14.5. The molecule has 0 heterocycles. The number of nitrogens with one attached hydrogen (secondary N) is 2. The first-order valence-electron chi connectivity index (χ1n) is 14.5. The molecule has 40 heavy (non-hydrogen) atoms. The van der Waals surface area contributed by atoms with Crippen LogP contribution in [0.2, 0.25) is 0 Å². The molecule has 0 bridgehead atoms. The van der Waals surface area contributed by atoms with Crippen LogP contribution in [0.3, 0.4) is 0 Å². The van der Waals surface area contributed by atoms with Gasteiger partial charge in [0.2, 0.25) is 0 Å². The molecule has 2 atom stereocenters. The van der Waals surface area contributed by atoms with Gasteiger partial charge in [0, 0.05) is 49.9 Å². The molecule has 0 aliphatic heterocycles. The number of benzene rings is 2. The van der Waals surface area contributed by atoms with Crippen LogP contribution in [0.15, 0.2) is 48.5 Å². The Labute approximate surface area is 236 Å². The molecule has 2 aromatic rings. The minimum atomic E-state index is -1.51. The van der Waals surface area contributed by atoms with Gasteiger partial charge in [-0.1, -0.05) is 60.8 Å². The summed E-state index contributed by atoms with van der Waals surface area (Å²) >= 11 is 0. The topological polar surface area (TPSA) is 58.2 Å². The Bertz CT molecular complexity index is 1180. The Morgan fingerprint density at radius 3 is 1.43 bits per heavy atom. The van der Waals surface area contributed by atoms with E-state index in [0.717, 1.165) is 62.5 Å². The molecule has 0 spiro atoms. The summed E-state index contributed by atoms with van der Waals surface area (Å²) in [7, 11) is 0. The van der Waals surface area contributed by atoms with Crippen molar-refractivity contribution in [1.29, 1.82) is 0 Å². The summed E-state index contributed by atoms with van der Waals surface area (Å²) in [5, 5.41) is 5.59. The summed E-state index contributed by atoms with van der Waals surface area (Å²) in [6.45, 7) is 0.521. The molecule has 2 aromatic carbocycles. The highest BCUT2D eigenvalue weighted by atomic mass is 19.1. The lowest BCUT2D eigenvalue weighted by molar-refractivity contribution is 0.0927. The molecule has 0 saturated carbocycles. The summed E-state index contributed by atoms with van der Waals surface area (Å²) in [5.41, 5.74) is -0.454. The van der Waals surface area contributed by atoms with Crippen LogP contribution in [0, 0.1) is 23.7 Å². The molecule has 4 nitrogen and oxygen atoms in total. The maximum atomic E-state index is 15.2. The molecule has 2 amide bonds. The van der Waals surface area contributed by atoms with E-state index in [2.05, 4.69) is 34.3 Å². The van der Waals surface area contributed by atoms with E-state index in [1.165, 1.54) is 0 Å². The van der Waals surface area contributed by atoms with Gasteiger partial charge in [-0.25, -0.2) is 8.78 Å². The summed E-state index contributed by atoms with van der Waals surface area (Å²) in [4.78, 5) is 25.0. The molecular formula is C34H38F2N2O2. The normalized spacial score (nSPS) is 22.6.